The Morgan fingerprint density at radius 3 is 2.91 bits per heavy atom. The molecule has 1 nitrogen and oxygen atoms in total. The van der Waals surface area contributed by atoms with Gasteiger partial charge in [0.2, 0.25) is 0 Å². The number of carbonyl (C=O) groups excluding carboxylic acids is 1. The number of rotatable bonds is 3. The molecule has 0 amide bonds. The van der Waals surface area contributed by atoms with Crippen LogP contribution in [0.1, 0.15) is 33.1 Å². The first-order valence-electron chi connectivity index (χ1n) is 4.37. The van der Waals surface area contributed by atoms with Gasteiger partial charge in [-0.25, -0.2) is 0 Å². The largest absolute Gasteiger partial charge is 0.303 e. The molecule has 0 aromatic rings. The zero-order chi connectivity index (χ0) is 8.27. The molecule has 0 bridgehead atoms. The first-order chi connectivity index (χ1) is 5.22. The molecule has 0 fully saturated rings. The second-order valence-corrected chi connectivity index (χ2v) is 3.76. The topological polar surface area (TPSA) is 17.1 Å². The summed E-state index contributed by atoms with van der Waals surface area (Å²) in [7, 11) is 0. The number of hydrogen-bond donors (Lipinski definition) is 0. The first kappa shape index (κ1) is 8.51. The summed E-state index contributed by atoms with van der Waals surface area (Å²) in [5.41, 5.74) is 1.48. The molecule has 0 radical (unpaired) electrons. The molecule has 0 aromatic carbocycles. The van der Waals surface area contributed by atoms with Crippen LogP contribution in [0, 0.1) is 11.8 Å². The van der Waals surface area contributed by atoms with Gasteiger partial charge in [-0.15, -0.1) is 0 Å². The van der Waals surface area contributed by atoms with E-state index >= 15 is 0 Å². The normalized spacial score (nSPS) is 23.9. The van der Waals surface area contributed by atoms with Crippen LogP contribution >= 0.6 is 0 Å². The van der Waals surface area contributed by atoms with Crippen molar-refractivity contribution < 1.29 is 4.79 Å². The molecule has 1 aliphatic carbocycles. The Morgan fingerprint density at radius 1 is 1.73 bits per heavy atom. The van der Waals surface area contributed by atoms with Crippen LogP contribution in [0.2, 0.25) is 0 Å². The Balaban J connectivity index is 2.42. The van der Waals surface area contributed by atoms with Crippen molar-refractivity contribution in [1.29, 1.82) is 0 Å². The molecular formula is C10H16O. The minimum Gasteiger partial charge on any atom is -0.303 e. The Hall–Kier alpha value is -0.590. The monoisotopic (exact) mass is 152 g/mol. The molecule has 0 spiro atoms. The van der Waals surface area contributed by atoms with E-state index in [9.17, 15) is 4.79 Å². The Bertz CT molecular complexity index is 168. The van der Waals surface area contributed by atoms with Crippen molar-refractivity contribution >= 4 is 6.29 Å². The Morgan fingerprint density at radius 2 is 2.45 bits per heavy atom. The van der Waals surface area contributed by atoms with E-state index in [2.05, 4.69) is 19.9 Å². The van der Waals surface area contributed by atoms with E-state index in [1.54, 1.807) is 0 Å². The Kier molecular flexibility index (Phi) is 2.86. The number of carbonyl (C=O) groups is 1. The van der Waals surface area contributed by atoms with E-state index in [0.717, 1.165) is 25.0 Å². The van der Waals surface area contributed by atoms with Gasteiger partial charge in [-0.3, -0.25) is 0 Å². The van der Waals surface area contributed by atoms with E-state index in [0.29, 0.717) is 0 Å². The van der Waals surface area contributed by atoms with Crippen molar-refractivity contribution in [2.75, 3.05) is 0 Å². The zero-order valence-corrected chi connectivity index (χ0v) is 7.34. The van der Waals surface area contributed by atoms with Crippen LogP contribution in [0.3, 0.4) is 0 Å². The summed E-state index contributed by atoms with van der Waals surface area (Å²) < 4.78 is 0. The maximum atomic E-state index is 10.4. The number of hydrogen-bond acceptors (Lipinski definition) is 1. The zero-order valence-electron chi connectivity index (χ0n) is 7.34. The molecule has 0 aliphatic heterocycles. The fraction of sp³-hybridized carbons (Fsp3) is 0.700. The summed E-state index contributed by atoms with van der Waals surface area (Å²) in [5, 5.41) is 0. The highest BCUT2D eigenvalue weighted by Crippen LogP contribution is 2.27. The first-order valence-corrected chi connectivity index (χ1v) is 4.37. The van der Waals surface area contributed by atoms with Crippen molar-refractivity contribution in [3.8, 4) is 0 Å². The highest BCUT2D eigenvalue weighted by atomic mass is 16.1. The second kappa shape index (κ2) is 3.70. The van der Waals surface area contributed by atoms with Crippen LogP contribution in [0.4, 0.5) is 0 Å². The molecule has 1 atom stereocenters. The van der Waals surface area contributed by atoms with Crippen LogP contribution in [0.15, 0.2) is 11.6 Å². The third-order valence-corrected chi connectivity index (χ3v) is 2.09. The molecule has 62 valence electrons. The highest BCUT2D eigenvalue weighted by molar-refractivity contribution is 5.58. The van der Waals surface area contributed by atoms with Crippen LogP contribution in [0.5, 0.6) is 0 Å². The van der Waals surface area contributed by atoms with Gasteiger partial charge in [0, 0.05) is 5.92 Å². The molecular weight excluding hydrogens is 136 g/mol. The molecule has 0 N–H and O–H groups in total. The predicted molar refractivity (Wildman–Crippen MR) is 46.3 cm³/mol. The number of aldehydes is 1. The predicted octanol–water partition coefficient (Wildman–Crippen LogP) is 2.57. The lowest BCUT2D eigenvalue weighted by molar-refractivity contribution is -0.109. The molecule has 1 aliphatic rings. The second-order valence-electron chi connectivity index (χ2n) is 3.76. The van der Waals surface area contributed by atoms with Crippen molar-refractivity contribution in [2.24, 2.45) is 11.8 Å². The van der Waals surface area contributed by atoms with Gasteiger partial charge in [0.05, 0.1) is 0 Å². The van der Waals surface area contributed by atoms with Crippen molar-refractivity contribution in [1.82, 2.24) is 0 Å². The van der Waals surface area contributed by atoms with Gasteiger partial charge in [0.1, 0.15) is 6.29 Å². The maximum absolute atomic E-state index is 10.4. The highest BCUT2D eigenvalue weighted by Gasteiger charge is 2.14. The van der Waals surface area contributed by atoms with Crippen molar-refractivity contribution in [2.45, 2.75) is 33.1 Å². The summed E-state index contributed by atoms with van der Waals surface area (Å²) >= 11 is 0. The van der Waals surface area contributed by atoms with E-state index in [-0.39, 0.29) is 5.92 Å². The number of allylic oxidation sites excluding steroid dienone is 2. The van der Waals surface area contributed by atoms with Gasteiger partial charge >= 0.3 is 0 Å². The summed E-state index contributed by atoms with van der Waals surface area (Å²) in [5.74, 6) is 0.954. The lowest BCUT2D eigenvalue weighted by atomic mass is 10.0. The fourth-order valence-electron chi connectivity index (χ4n) is 1.62. The summed E-state index contributed by atoms with van der Waals surface area (Å²) in [4.78, 5) is 10.4. The quantitative estimate of drug-likeness (QED) is 0.448. The molecule has 1 heteroatoms. The summed E-state index contributed by atoms with van der Waals surface area (Å²) in [6.45, 7) is 4.43. The van der Waals surface area contributed by atoms with Crippen LogP contribution in [-0.2, 0) is 4.79 Å². The lowest BCUT2D eigenvalue weighted by Crippen LogP contribution is -1.89. The van der Waals surface area contributed by atoms with Crippen molar-refractivity contribution in [3.05, 3.63) is 11.6 Å². The van der Waals surface area contributed by atoms with Crippen LogP contribution in [-0.4, -0.2) is 6.29 Å². The summed E-state index contributed by atoms with van der Waals surface area (Å²) in [6.07, 6.45) is 6.57. The summed E-state index contributed by atoms with van der Waals surface area (Å²) in [6, 6.07) is 0. The minimum absolute atomic E-state index is 0.226. The van der Waals surface area contributed by atoms with Crippen LogP contribution < -0.4 is 0 Å². The fourth-order valence-corrected chi connectivity index (χ4v) is 1.62. The van der Waals surface area contributed by atoms with Gasteiger partial charge < -0.3 is 4.79 Å². The van der Waals surface area contributed by atoms with Gasteiger partial charge in [0.25, 0.3) is 0 Å². The molecule has 1 unspecified atom stereocenters. The van der Waals surface area contributed by atoms with E-state index in [4.69, 9.17) is 0 Å². The standard InChI is InChI=1S/C10H16O/c1-8(2)5-9-3-4-10(6-9)7-11/h6-8,10H,3-5H2,1-2H3. The third kappa shape index (κ3) is 2.49. The smallest absolute Gasteiger partial charge is 0.126 e. The average Bonchev–Trinajstić information content (AvgIpc) is 2.34. The van der Waals surface area contributed by atoms with Crippen LogP contribution in [0.25, 0.3) is 0 Å². The SMILES string of the molecule is CC(C)CC1=CC(C=O)CC1. The lowest BCUT2D eigenvalue weighted by Gasteiger charge is -2.03. The van der Waals surface area contributed by atoms with Gasteiger partial charge in [-0.05, 0) is 25.2 Å². The molecule has 0 heterocycles. The van der Waals surface area contributed by atoms with E-state index in [1.165, 1.54) is 12.0 Å². The molecule has 0 saturated heterocycles. The van der Waals surface area contributed by atoms with Gasteiger partial charge in [-0.2, -0.15) is 0 Å². The molecule has 0 aromatic heterocycles. The van der Waals surface area contributed by atoms with Gasteiger partial charge in [0.15, 0.2) is 0 Å². The van der Waals surface area contributed by atoms with Crippen molar-refractivity contribution in [3.63, 3.8) is 0 Å². The maximum Gasteiger partial charge on any atom is 0.126 e. The third-order valence-electron chi connectivity index (χ3n) is 2.09. The van der Waals surface area contributed by atoms with E-state index < -0.39 is 0 Å². The minimum atomic E-state index is 0.226. The molecule has 11 heavy (non-hydrogen) atoms. The van der Waals surface area contributed by atoms with E-state index in [1.807, 2.05) is 0 Å². The average molecular weight is 152 g/mol. The molecule has 1 rings (SSSR count). The molecule has 0 saturated carbocycles. The van der Waals surface area contributed by atoms with Gasteiger partial charge in [-0.1, -0.05) is 25.5 Å². The Labute approximate surface area is 68.5 Å².